The van der Waals surface area contributed by atoms with Crippen LogP contribution in [0.4, 0.5) is 0 Å². The number of ether oxygens (including phenoxy) is 1. The van der Waals surface area contributed by atoms with Crippen molar-refractivity contribution in [1.29, 1.82) is 0 Å². The van der Waals surface area contributed by atoms with Crippen LogP contribution in [0, 0.1) is 0 Å². The Hall–Kier alpha value is -1.48. The molecule has 0 bridgehead atoms. The van der Waals surface area contributed by atoms with Gasteiger partial charge in [-0.15, -0.1) is 0 Å². The molecule has 1 atom stereocenters. The van der Waals surface area contributed by atoms with E-state index in [0.717, 1.165) is 51.0 Å². The van der Waals surface area contributed by atoms with Gasteiger partial charge >= 0.3 is 5.97 Å². The van der Waals surface area contributed by atoms with E-state index in [1.54, 1.807) is 28.6 Å². The standard InChI is InChI=1S/C19H27N3O4S/c1-26-18(23)19(7-8-19)15-2-4-17(5-3-15)27(24,25)22-11-6-16(14-22)21-12-9-20-10-13-21/h2-5,16,20H,6-14H2,1H3. The zero-order chi connectivity index (χ0) is 19.1. The number of carbonyl (C=O) groups excluding carboxylic acids is 1. The summed E-state index contributed by atoms with van der Waals surface area (Å²) in [5, 5.41) is 3.33. The molecule has 1 N–H and O–H groups in total. The Bertz CT molecular complexity index is 799. The Labute approximate surface area is 160 Å². The molecular weight excluding hydrogens is 366 g/mol. The number of hydrogen-bond acceptors (Lipinski definition) is 6. The maximum Gasteiger partial charge on any atom is 0.316 e. The summed E-state index contributed by atoms with van der Waals surface area (Å²) in [5.74, 6) is -0.239. The SMILES string of the molecule is COC(=O)C1(c2ccc(S(=O)(=O)N3CCC(N4CCNCC4)C3)cc2)CC1. The molecule has 27 heavy (non-hydrogen) atoms. The zero-order valence-corrected chi connectivity index (χ0v) is 16.5. The molecule has 8 heteroatoms. The van der Waals surface area contributed by atoms with Crippen molar-refractivity contribution in [2.75, 3.05) is 46.4 Å². The van der Waals surface area contributed by atoms with Crippen LogP contribution >= 0.6 is 0 Å². The van der Waals surface area contributed by atoms with Crippen LogP contribution in [-0.2, 0) is 25.0 Å². The maximum atomic E-state index is 13.0. The van der Waals surface area contributed by atoms with Gasteiger partial charge in [0.15, 0.2) is 0 Å². The Morgan fingerprint density at radius 1 is 1.15 bits per heavy atom. The number of esters is 1. The second kappa shape index (κ2) is 7.16. The number of piperazine rings is 1. The second-order valence-electron chi connectivity index (χ2n) is 7.69. The molecule has 1 aromatic rings. The number of nitrogens with one attached hydrogen (secondary N) is 1. The number of benzene rings is 1. The number of carbonyl (C=O) groups is 1. The number of sulfonamides is 1. The normalized spacial score (nSPS) is 26.0. The highest BCUT2D eigenvalue weighted by atomic mass is 32.2. The lowest BCUT2D eigenvalue weighted by Crippen LogP contribution is -2.49. The fourth-order valence-corrected chi connectivity index (χ4v) is 5.79. The first-order chi connectivity index (χ1) is 13.0. The van der Waals surface area contributed by atoms with Crippen molar-refractivity contribution in [3.63, 3.8) is 0 Å². The van der Waals surface area contributed by atoms with Gasteiger partial charge in [0.1, 0.15) is 0 Å². The van der Waals surface area contributed by atoms with Gasteiger partial charge in [-0.3, -0.25) is 9.69 Å². The summed E-state index contributed by atoms with van der Waals surface area (Å²) < 4.78 is 32.6. The monoisotopic (exact) mass is 393 g/mol. The molecule has 2 saturated heterocycles. The lowest BCUT2D eigenvalue weighted by molar-refractivity contribution is -0.143. The van der Waals surface area contributed by atoms with Crippen molar-refractivity contribution in [2.24, 2.45) is 0 Å². The van der Waals surface area contributed by atoms with Gasteiger partial charge < -0.3 is 10.1 Å². The molecule has 2 aliphatic heterocycles. The molecule has 148 valence electrons. The van der Waals surface area contributed by atoms with Crippen LogP contribution in [0.15, 0.2) is 29.2 Å². The number of hydrogen-bond donors (Lipinski definition) is 1. The Balaban J connectivity index is 1.47. The van der Waals surface area contributed by atoms with E-state index >= 15 is 0 Å². The topological polar surface area (TPSA) is 79.0 Å². The second-order valence-corrected chi connectivity index (χ2v) is 9.63. The van der Waals surface area contributed by atoms with Gasteiger partial charge in [0.05, 0.1) is 17.4 Å². The quantitative estimate of drug-likeness (QED) is 0.737. The summed E-state index contributed by atoms with van der Waals surface area (Å²) in [6.45, 7) is 4.99. The lowest BCUT2D eigenvalue weighted by atomic mass is 9.96. The third-order valence-corrected chi connectivity index (χ3v) is 8.04. The molecule has 3 fully saturated rings. The molecule has 0 spiro atoms. The third kappa shape index (κ3) is 3.40. The molecule has 0 aromatic heterocycles. The van der Waals surface area contributed by atoms with Crippen molar-refractivity contribution < 1.29 is 17.9 Å². The predicted octanol–water partition coefficient (Wildman–Crippen LogP) is 0.559. The summed E-state index contributed by atoms with van der Waals surface area (Å²) in [6.07, 6.45) is 2.39. The molecular formula is C19H27N3O4S. The van der Waals surface area contributed by atoms with Crippen molar-refractivity contribution in [3.8, 4) is 0 Å². The van der Waals surface area contributed by atoms with Crippen molar-refractivity contribution in [1.82, 2.24) is 14.5 Å². The van der Waals surface area contributed by atoms with Crippen LogP contribution in [0.3, 0.4) is 0 Å². The van der Waals surface area contributed by atoms with Gasteiger partial charge in [0.25, 0.3) is 0 Å². The first-order valence-electron chi connectivity index (χ1n) is 9.61. The van der Waals surface area contributed by atoms with Crippen LogP contribution < -0.4 is 5.32 Å². The summed E-state index contributed by atoms with van der Waals surface area (Å²) in [7, 11) is -2.11. The van der Waals surface area contributed by atoms with E-state index < -0.39 is 15.4 Å². The average molecular weight is 394 g/mol. The fourth-order valence-electron chi connectivity index (χ4n) is 4.30. The molecule has 4 rings (SSSR count). The highest BCUT2D eigenvalue weighted by molar-refractivity contribution is 7.89. The van der Waals surface area contributed by atoms with Gasteiger partial charge in [-0.05, 0) is 37.0 Å². The lowest BCUT2D eigenvalue weighted by Gasteiger charge is -2.32. The molecule has 2 heterocycles. The van der Waals surface area contributed by atoms with Crippen molar-refractivity contribution in [3.05, 3.63) is 29.8 Å². The van der Waals surface area contributed by atoms with E-state index in [1.807, 2.05) is 0 Å². The summed E-state index contributed by atoms with van der Waals surface area (Å²) in [6, 6.07) is 7.09. The van der Waals surface area contributed by atoms with Crippen molar-refractivity contribution in [2.45, 2.75) is 35.6 Å². The molecule has 0 radical (unpaired) electrons. The Morgan fingerprint density at radius 3 is 2.41 bits per heavy atom. The number of methoxy groups -OCH3 is 1. The highest BCUT2D eigenvalue weighted by Gasteiger charge is 2.52. The van der Waals surface area contributed by atoms with E-state index in [4.69, 9.17) is 4.74 Å². The van der Waals surface area contributed by atoms with E-state index in [9.17, 15) is 13.2 Å². The smallest absolute Gasteiger partial charge is 0.316 e. The van der Waals surface area contributed by atoms with Crippen LogP contribution in [0.25, 0.3) is 0 Å². The predicted molar refractivity (Wildman–Crippen MR) is 101 cm³/mol. The molecule has 7 nitrogen and oxygen atoms in total. The van der Waals surface area contributed by atoms with Crippen LogP contribution in [0.1, 0.15) is 24.8 Å². The van der Waals surface area contributed by atoms with Gasteiger partial charge in [-0.1, -0.05) is 12.1 Å². The first-order valence-corrected chi connectivity index (χ1v) is 11.1. The minimum atomic E-state index is -3.50. The zero-order valence-electron chi connectivity index (χ0n) is 15.7. The average Bonchev–Trinajstić information content (AvgIpc) is 3.36. The van der Waals surface area contributed by atoms with Gasteiger partial charge in [0.2, 0.25) is 10.0 Å². The third-order valence-electron chi connectivity index (χ3n) is 6.16. The Kier molecular flexibility index (Phi) is 5.00. The minimum Gasteiger partial charge on any atom is -0.468 e. The number of rotatable bonds is 5. The molecule has 1 saturated carbocycles. The van der Waals surface area contributed by atoms with Crippen LogP contribution in [0.5, 0.6) is 0 Å². The van der Waals surface area contributed by atoms with Gasteiger partial charge in [-0.25, -0.2) is 8.42 Å². The first kappa shape index (κ1) is 18.9. The van der Waals surface area contributed by atoms with E-state index in [0.29, 0.717) is 24.0 Å². The molecule has 1 aliphatic carbocycles. The Morgan fingerprint density at radius 2 is 1.81 bits per heavy atom. The summed E-state index contributed by atoms with van der Waals surface area (Å²) in [5.41, 5.74) is 0.270. The molecule has 1 unspecified atom stereocenters. The van der Waals surface area contributed by atoms with Crippen LogP contribution in [-0.4, -0.2) is 76.0 Å². The van der Waals surface area contributed by atoms with Gasteiger partial charge in [-0.2, -0.15) is 4.31 Å². The molecule has 1 aromatic carbocycles. The fraction of sp³-hybridized carbons (Fsp3) is 0.632. The van der Waals surface area contributed by atoms with Gasteiger partial charge in [0, 0.05) is 45.3 Å². The highest BCUT2D eigenvalue weighted by Crippen LogP contribution is 2.49. The minimum absolute atomic E-state index is 0.239. The van der Waals surface area contributed by atoms with E-state index in [2.05, 4.69) is 10.2 Å². The van der Waals surface area contributed by atoms with Crippen LogP contribution in [0.2, 0.25) is 0 Å². The van der Waals surface area contributed by atoms with E-state index in [-0.39, 0.29) is 5.97 Å². The summed E-state index contributed by atoms with van der Waals surface area (Å²) in [4.78, 5) is 14.7. The summed E-state index contributed by atoms with van der Waals surface area (Å²) >= 11 is 0. The molecule has 0 amide bonds. The van der Waals surface area contributed by atoms with Crippen molar-refractivity contribution >= 4 is 16.0 Å². The largest absolute Gasteiger partial charge is 0.468 e. The van der Waals surface area contributed by atoms with E-state index in [1.165, 1.54) is 7.11 Å². The maximum absolute atomic E-state index is 13.0. The molecule has 3 aliphatic rings. The number of nitrogens with zero attached hydrogens (tertiary/aromatic N) is 2.